The number of amides is 1. The third-order valence-electron chi connectivity index (χ3n) is 2.88. The minimum absolute atomic E-state index is 0.126. The molecule has 0 saturated carbocycles. The minimum atomic E-state index is -0.655. The average molecular weight is 284 g/mol. The zero-order valence-electron chi connectivity index (χ0n) is 11.4. The summed E-state index contributed by atoms with van der Waals surface area (Å²) < 4.78 is 18.4. The van der Waals surface area contributed by atoms with Crippen molar-refractivity contribution in [2.24, 2.45) is 0 Å². The fraction of sp³-hybridized carbons (Fsp3) is 0.125. The molecule has 1 amide bonds. The van der Waals surface area contributed by atoms with Gasteiger partial charge in [-0.25, -0.2) is 9.18 Å². The average Bonchev–Trinajstić information content (AvgIpc) is 2.49. The maximum atomic E-state index is 13.4. The SMILES string of the molecule is Cc1cc(F)c(C#N)cc1NC(=O)OCc1ccccc1. The van der Waals surface area contributed by atoms with E-state index < -0.39 is 11.9 Å². The lowest BCUT2D eigenvalue weighted by Crippen LogP contribution is -2.14. The van der Waals surface area contributed by atoms with Gasteiger partial charge in [-0.3, -0.25) is 5.32 Å². The lowest BCUT2D eigenvalue weighted by atomic mass is 10.1. The quantitative estimate of drug-likeness (QED) is 0.933. The maximum absolute atomic E-state index is 13.4. The molecule has 106 valence electrons. The Labute approximate surface area is 121 Å². The van der Waals surface area contributed by atoms with Crippen molar-refractivity contribution < 1.29 is 13.9 Å². The molecule has 0 spiro atoms. The van der Waals surface area contributed by atoms with Gasteiger partial charge in [0.25, 0.3) is 0 Å². The first-order valence-corrected chi connectivity index (χ1v) is 6.28. The van der Waals surface area contributed by atoms with E-state index in [0.717, 1.165) is 5.56 Å². The standard InChI is InChI=1S/C16H13FN2O2/c1-11-7-14(17)13(9-18)8-15(11)19-16(20)21-10-12-5-3-2-4-6-12/h2-8H,10H2,1H3,(H,19,20). The summed E-state index contributed by atoms with van der Waals surface area (Å²) in [7, 11) is 0. The van der Waals surface area contributed by atoms with Gasteiger partial charge in [0, 0.05) is 5.69 Å². The number of anilines is 1. The highest BCUT2D eigenvalue weighted by Gasteiger charge is 2.10. The summed E-state index contributed by atoms with van der Waals surface area (Å²) in [5.41, 5.74) is 1.61. The van der Waals surface area contributed by atoms with Crippen LogP contribution in [-0.4, -0.2) is 6.09 Å². The third kappa shape index (κ3) is 3.80. The van der Waals surface area contributed by atoms with Crippen LogP contribution in [0.5, 0.6) is 0 Å². The lowest BCUT2D eigenvalue weighted by molar-refractivity contribution is 0.155. The van der Waals surface area contributed by atoms with Crippen LogP contribution in [0, 0.1) is 24.1 Å². The summed E-state index contributed by atoms with van der Waals surface area (Å²) in [5.74, 6) is -0.613. The van der Waals surface area contributed by atoms with Crippen molar-refractivity contribution in [2.75, 3.05) is 5.32 Å². The second-order valence-corrected chi connectivity index (χ2v) is 4.45. The predicted molar refractivity (Wildman–Crippen MR) is 76.1 cm³/mol. The number of nitrogens with one attached hydrogen (secondary N) is 1. The van der Waals surface area contributed by atoms with E-state index in [1.54, 1.807) is 13.0 Å². The van der Waals surface area contributed by atoms with Crippen LogP contribution in [0.1, 0.15) is 16.7 Å². The highest BCUT2D eigenvalue weighted by atomic mass is 19.1. The smallest absolute Gasteiger partial charge is 0.411 e. The summed E-state index contributed by atoms with van der Waals surface area (Å²) >= 11 is 0. The number of nitrogens with zero attached hydrogens (tertiary/aromatic N) is 1. The number of benzene rings is 2. The molecule has 2 rings (SSSR count). The summed E-state index contributed by atoms with van der Waals surface area (Å²) in [4.78, 5) is 11.7. The number of aryl methyl sites for hydroxylation is 1. The zero-order chi connectivity index (χ0) is 15.2. The Kier molecular flexibility index (Phi) is 4.52. The molecule has 0 fully saturated rings. The topological polar surface area (TPSA) is 62.1 Å². The van der Waals surface area contributed by atoms with Crippen LogP contribution >= 0.6 is 0 Å². The molecule has 21 heavy (non-hydrogen) atoms. The number of halogens is 1. The van der Waals surface area contributed by atoms with Crippen molar-refractivity contribution in [3.05, 3.63) is 65.0 Å². The number of nitriles is 1. The van der Waals surface area contributed by atoms with E-state index >= 15 is 0 Å². The van der Waals surface area contributed by atoms with Crippen LogP contribution in [0.4, 0.5) is 14.9 Å². The summed E-state index contributed by atoms with van der Waals surface area (Å²) in [6, 6.07) is 13.5. The van der Waals surface area contributed by atoms with Crippen LogP contribution in [0.2, 0.25) is 0 Å². The van der Waals surface area contributed by atoms with Gasteiger partial charge in [0.1, 0.15) is 18.5 Å². The van der Waals surface area contributed by atoms with E-state index in [2.05, 4.69) is 5.32 Å². The van der Waals surface area contributed by atoms with Gasteiger partial charge in [-0.15, -0.1) is 0 Å². The van der Waals surface area contributed by atoms with Crippen molar-refractivity contribution in [3.63, 3.8) is 0 Å². The molecule has 0 saturated heterocycles. The Morgan fingerprint density at radius 1 is 1.33 bits per heavy atom. The molecule has 1 N–H and O–H groups in total. The van der Waals surface area contributed by atoms with Gasteiger partial charge in [-0.1, -0.05) is 30.3 Å². The summed E-state index contributed by atoms with van der Waals surface area (Å²) in [6.07, 6.45) is -0.655. The van der Waals surface area contributed by atoms with Crippen molar-refractivity contribution in [2.45, 2.75) is 13.5 Å². The third-order valence-corrected chi connectivity index (χ3v) is 2.88. The number of hydrogen-bond donors (Lipinski definition) is 1. The van der Waals surface area contributed by atoms with Crippen LogP contribution in [-0.2, 0) is 11.3 Å². The number of hydrogen-bond acceptors (Lipinski definition) is 3. The fourth-order valence-electron chi connectivity index (χ4n) is 1.76. The van der Waals surface area contributed by atoms with Gasteiger partial charge in [-0.2, -0.15) is 5.26 Å². The highest BCUT2D eigenvalue weighted by molar-refractivity contribution is 5.86. The predicted octanol–water partition coefficient (Wildman–Crippen LogP) is 3.75. The first-order chi connectivity index (χ1) is 10.1. The van der Waals surface area contributed by atoms with Crippen molar-refractivity contribution in [1.29, 1.82) is 5.26 Å². The molecule has 0 radical (unpaired) electrons. The van der Waals surface area contributed by atoms with E-state index in [0.29, 0.717) is 11.3 Å². The van der Waals surface area contributed by atoms with Crippen molar-refractivity contribution >= 4 is 11.8 Å². The Morgan fingerprint density at radius 3 is 2.71 bits per heavy atom. The van der Waals surface area contributed by atoms with E-state index in [1.807, 2.05) is 30.3 Å². The molecule has 0 aliphatic heterocycles. The summed E-state index contributed by atoms with van der Waals surface area (Å²) in [6.45, 7) is 1.77. The van der Waals surface area contributed by atoms with Crippen LogP contribution < -0.4 is 5.32 Å². The van der Waals surface area contributed by atoms with Gasteiger partial charge in [0.15, 0.2) is 0 Å². The molecular formula is C16H13FN2O2. The molecule has 2 aromatic rings. The second-order valence-electron chi connectivity index (χ2n) is 4.45. The molecule has 0 bridgehead atoms. The molecular weight excluding hydrogens is 271 g/mol. The van der Waals surface area contributed by atoms with Crippen molar-refractivity contribution in [1.82, 2.24) is 0 Å². The van der Waals surface area contributed by atoms with Gasteiger partial charge in [0.05, 0.1) is 5.56 Å². The minimum Gasteiger partial charge on any atom is -0.444 e. The summed E-state index contributed by atoms with van der Waals surface area (Å²) in [5, 5.41) is 11.3. The molecule has 4 nitrogen and oxygen atoms in total. The van der Waals surface area contributed by atoms with E-state index in [-0.39, 0.29) is 12.2 Å². The van der Waals surface area contributed by atoms with Crippen LogP contribution in [0.15, 0.2) is 42.5 Å². The first kappa shape index (κ1) is 14.5. The first-order valence-electron chi connectivity index (χ1n) is 6.28. The maximum Gasteiger partial charge on any atom is 0.411 e. The van der Waals surface area contributed by atoms with E-state index in [4.69, 9.17) is 10.00 Å². The Hall–Kier alpha value is -2.87. The largest absolute Gasteiger partial charge is 0.444 e. The highest BCUT2D eigenvalue weighted by Crippen LogP contribution is 2.20. The van der Waals surface area contributed by atoms with E-state index in [1.165, 1.54) is 12.1 Å². The Bertz CT molecular complexity index is 693. The zero-order valence-corrected chi connectivity index (χ0v) is 11.4. The second kappa shape index (κ2) is 6.53. The molecule has 0 heterocycles. The number of ether oxygens (including phenoxy) is 1. The molecule has 0 aliphatic carbocycles. The van der Waals surface area contributed by atoms with Gasteiger partial charge < -0.3 is 4.74 Å². The van der Waals surface area contributed by atoms with Crippen LogP contribution in [0.25, 0.3) is 0 Å². The van der Waals surface area contributed by atoms with E-state index in [9.17, 15) is 9.18 Å². The lowest BCUT2D eigenvalue weighted by Gasteiger charge is -2.10. The normalized spacial score (nSPS) is 9.76. The van der Waals surface area contributed by atoms with Crippen molar-refractivity contribution in [3.8, 4) is 6.07 Å². The fourth-order valence-corrected chi connectivity index (χ4v) is 1.76. The number of rotatable bonds is 3. The van der Waals surface area contributed by atoms with Gasteiger partial charge in [0.2, 0.25) is 0 Å². The monoisotopic (exact) mass is 284 g/mol. The molecule has 0 atom stereocenters. The molecule has 2 aromatic carbocycles. The molecule has 0 aromatic heterocycles. The Morgan fingerprint density at radius 2 is 2.05 bits per heavy atom. The van der Waals surface area contributed by atoms with Gasteiger partial charge in [-0.05, 0) is 30.2 Å². The number of carbonyl (C=O) groups is 1. The number of carbonyl (C=O) groups excluding carboxylic acids is 1. The molecule has 5 heteroatoms. The van der Waals surface area contributed by atoms with Gasteiger partial charge >= 0.3 is 6.09 Å². The van der Waals surface area contributed by atoms with Crippen LogP contribution in [0.3, 0.4) is 0 Å². The Balaban J connectivity index is 2.02. The molecule has 0 aliphatic rings. The molecule has 0 unspecified atom stereocenters.